The summed E-state index contributed by atoms with van der Waals surface area (Å²) in [5, 5.41) is 13.5. The van der Waals surface area contributed by atoms with E-state index in [1.807, 2.05) is 37.3 Å². The molecule has 0 aliphatic rings. The maximum Gasteiger partial charge on any atom is 0.120 e. The molecule has 21 heavy (non-hydrogen) atoms. The number of ether oxygens (including phenoxy) is 1. The summed E-state index contributed by atoms with van der Waals surface area (Å²) in [7, 11) is 1.67. The van der Waals surface area contributed by atoms with Gasteiger partial charge in [-0.3, -0.25) is 0 Å². The van der Waals surface area contributed by atoms with Crippen molar-refractivity contribution >= 4 is 0 Å². The summed E-state index contributed by atoms with van der Waals surface area (Å²) in [6.07, 6.45) is 0. The topological polar surface area (TPSA) is 41.5 Å². The molecule has 0 bridgehead atoms. The van der Waals surface area contributed by atoms with Crippen molar-refractivity contribution in [3.8, 4) is 11.5 Å². The van der Waals surface area contributed by atoms with E-state index in [2.05, 4.69) is 25.2 Å². The van der Waals surface area contributed by atoms with Crippen LogP contribution in [0.3, 0.4) is 0 Å². The second-order valence-electron chi connectivity index (χ2n) is 5.45. The highest BCUT2D eigenvalue weighted by molar-refractivity contribution is 5.38. The van der Waals surface area contributed by atoms with E-state index in [0.717, 1.165) is 22.4 Å². The molecule has 0 fully saturated rings. The number of benzene rings is 2. The molecule has 0 saturated carbocycles. The highest BCUT2D eigenvalue weighted by atomic mass is 16.5. The molecule has 0 aromatic heterocycles. The predicted octanol–water partition coefficient (Wildman–Crippen LogP) is 4.12. The Bertz CT molecular complexity index is 610. The molecule has 3 nitrogen and oxygen atoms in total. The van der Waals surface area contributed by atoms with E-state index < -0.39 is 0 Å². The van der Waals surface area contributed by atoms with E-state index >= 15 is 0 Å². The van der Waals surface area contributed by atoms with Crippen LogP contribution >= 0.6 is 0 Å². The molecular formula is C18H23NO2. The molecular weight excluding hydrogens is 262 g/mol. The summed E-state index contributed by atoms with van der Waals surface area (Å²) < 4.78 is 5.26. The fourth-order valence-electron chi connectivity index (χ4n) is 2.49. The van der Waals surface area contributed by atoms with Gasteiger partial charge in [-0.2, -0.15) is 0 Å². The average molecular weight is 285 g/mol. The van der Waals surface area contributed by atoms with Crippen LogP contribution in [-0.2, 0) is 0 Å². The molecule has 0 spiro atoms. The summed E-state index contributed by atoms with van der Waals surface area (Å²) in [4.78, 5) is 0. The molecule has 0 aliphatic carbocycles. The number of nitrogens with one attached hydrogen (secondary N) is 1. The van der Waals surface area contributed by atoms with Crippen LogP contribution in [0, 0.1) is 6.92 Å². The van der Waals surface area contributed by atoms with Gasteiger partial charge in [0.1, 0.15) is 11.5 Å². The first-order valence-corrected chi connectivity index (χ1v) is 7.20. The Morgan fingerprint density at radius 3 is 2.52 bits per heavy atom. The molecule has 0 amide bonds. The Morgan fingerprint density at radius 2 is 1.81 bits per heavy atom. The molecule has 2 aromatic carbocycles. The second kappa shape index (κ2) is 6.64. The summed E-state index contributed by atoms with van der Waals surface area (Å²) in [6.45, 7) is 6.20. The molecule has 3 heteroatoms. The van der Waals surface area contributed by atoms with Gasteiger partial charge in [0, 0.05) is 17.6 Å². The molecule has 0 radical (unpaired) electrons. The first-order chi connectivity index (χ1) is 10.0. The van der Waals surface area contributed by atoms with Crippen molar-refractivity contribution in [3.63, 3.8) is 0 Å². The largest absolute Gasteiger partial charge is 0.508 e. The number of rotatable bonds is 5. The van der Waals surface area contributed by atoms with E-state index in [1.165, 1.54) is 0 Å². The van der Waals surface area contributed by atoms with Crippen LogP contribution in [0.25, 0.3) is 0 Å². The lowest BCUT2D eigenvalue weighted by atomic mass is 10.0. The maximum atomic E-state index is 10.0. The van der Waals surface area contributed by atoms with Crippen molar-refractivity contribution in [2.24, 2.45) is 0 Å². The summed E-state index contributed by atoms with van der Waals surface area (Å²) >= 11 is 0. The molecule has 112 valence electrons. The van der Waals surface area contributed by atoms with Crippen LogP contribution in [-0.4, -0.2) is 12.2 Å². The zero-order valence-electron chi connectivity index (χ0n) is 13.1. The lowest BCUT2D eigenvalue weighted by molar-refractivity contribution is 0.411. The fourth-order valence-corrected chi connectivity index (χ4v) is 2.49. The number of hydrogen-bond donors (Lipinski definition) is 2. The number of phenols is 1. The van der Waals surface area contributed by atoms with Crippen molar-refractivity contribution in [1.82, 2.24) is 5.32 Å². The normalized spacial score (nSPS) is 13.7. The average Bonchev–Trinajstić information content (AvgIpc) is 2.49. The maximum absolute atomic E-state index is 10.0. The van der Waals surface area contributed by atoms with Gasteiger partial charge in [-0.05, 0) is 44.5 Å². The number of aryl methyl sites for hydroxylation is 1. The molecule has 0 aliphatic heterocycles. The second-order valence-corrected chi connectivity index (χ2v) is 5.45. The van der Waals surface area contributed by atoms with Crippen LogP contribution in [0.2, 0.25) is 0 Å². The third-order valence-electron chi connectivity index (χ3n) is 3.74. The van der Waals surface area contributed by atoms with Gasteiger partial charge in [0.05, 0.1) is 7.11 Å². The smallest absolute Gasteiger partial charge is 0.120 e. The minimum atomic E-state index is 0.0612. The van der Waals surface area contributed by atoms with Crippen molar-refractivity contribution in [2.75, 3.05) is 7.11 Å². The summed E-state index contributed by atoms with van der Waals surface area (Å²) in [6, 6.07) is 13.9. The van der Waals surface area contributed by atoms with Gasteiger partial charge < -0.3 is 15.2 Å². The van der Waals surface area contributed by atoms with Gasteiger partial charge in [0.2, 0.25) is 0 Å². The van der Waals surface area contributed by atoms with Crippen molar-refractivity contribution in [2.45, 2.75) is 32.9 Å². The minimum Gasteiger partial charge on any atom is -0.508 e. The van der Waals surface area contributed by atoms with Gasteiger partial charge in [0.25, 0.3) is 0 Å². The van der Waals surface area contributed by atoms with Gasteiger partial charge >= 0.3 is 0 Å². The van der Waals surface area contributed by atoms with Crippen molar-refractivity contribution < 1.29 is 9.84 Å². The van der Waals surface area contributed by atoms with Crippen LogP contribution in [0.1, 0.15) is 42.6 Å². The lowest BCUT2D eigenvalue weighted by Gasteiger charge is -2.22. The van der Waals surface area contributed by atoms with E-state index in [9.17, 15) is 5.11 Å². The van der Waals surface area contributed by atoms with E-state index in [-0.39, 0.29) is 12.1 Å². The Kier molecular flexibility index (Phi) is 4.86. The van der Waals surface area contributed by atoms with Crippen LogP contribution in [0.5, 0.6) is 11.5 Å². The van der Waals surface area contributed by atoms with E-state index in [1.54, 1.807) is 13.2 Å². The SMILES string of the molecule is COc1cccc([C@@H](C)NC(C)c2cc(C)ccc2O)c1. The first-order valence-electron chi connectivity index (χ1n) is 7.20. The number of phenolic OH excluding ortho intramolecular Hbond substituents is 1. The number of aromatic hydroxyl groups is 1. The number of hydrogen-bond acceptors (Lipinski definition) is 3. The zero-order valence-corrected chi connectivity index (χ0v) is 13.1. The van der Waals surface area contributed by atoms with Gasteiger partial charge in [-0.15, -0.1) is 0 Å². The summed E-state index contributed by atoms with van der Waals surface area (Å²) in [5.74, 6) is 1.19. The standard InChI is InChI=1S/C18H23NO2/c1-12-8-9-18(20)17(10-12)14(3)19-13(2)15-6-5-7-16(11-15)21-4/h5-11,13-14,19-20H,1-4H3/t13-,14?/m1/s1. The third-order valence-corrected chi connectivity index (χ3v) is 3.74. The Hall–Kier alpha value is -2.00. The van der Waals surface area contributed by atoms with Crippen molar-refractivity contribution in [3.05, 3.63) is 59.2 Å². The fraction of sp³-hybridized carbons (Fsp3) is 0.333. The Labute approximate surface area is 126 Å². The number of methoxy groups -OCH3 is 1. The van der Waals surface area contributed by atoms with E-state index in [4.69, 9.17) is 4.74 Å². The monoisotopic (exact) mass is 285 g/mol. The van der Waals surface area contributed by atoms with Gasteiger partial charge in [-0.1, -0.05) is 29.8 Å². The quantitative estimate of drug-likeness (QED) is 0.868. The predicted molar refractivity (Wildman–Crippen MR) is 85.8 cm³/mol. The molecule has 1 unspecified atom stereocenters. The Morgan fingerprint density at radius 1 is 1.05 bits per heavy atom. The molecule has 0 saturated heterocycles. The molecule has 2 N–H and O–H groups in total. The highest BCUT2D eigenvalue weighted by Gasteiger charge is 2.14. The zero-order chi connectivity index (χ0) is 15.4. The molecule has 2 aromatic rings. The van der Waals surface area contributed by atoms with Gasteiger partial charge in [-0.25, -0.2) is 0 Å². The highest BCUT2D eigenvalue weighted by Crippen LogP contribution is 2.28. The van der Waals surface area contributed by atoms with Gasteiger partial charge in [0.15, 0.2) is 0 Å². The molecule has 0 heterocycles. The third kappa shape index (κ3) is 3.76. The van der Waals surface area contributed by atoms with E-state index in [0.29, 0.717) is 5.75 Å². The molecule has 2 atom stereocenters. The first kappa shape index (κ1) is 15.4. The van der Waals surface area contributed by atoms with Crippen LogP contribution in [0.15, 0.2) is 42.5 Å². The lowest BCUT2D eigenvalue weighted by Crippen LogP contribution is -2.22. The Balaban J connectivity index is 2.14. The molecule has 2 rings (SSSR count). The van der Waals surface area contributed by atoms with Crippen molar-refractivity contribution in [1.29, 1.82) is 0 Å². The minimum absolute atomic E-state index is 0.0612. The van der Waals surface area contributed by atoms with Crippen LogP contribution < -0.4 is 10.1 Å². The summed E-state index contributed by atoms with van der Waals surface area (Å²) in [5.41, 5.74) is 3.23. The van der Waals surface area contributed by atoms with Crippen LogP contribution in [0.4, 0.5) is 0 Å².